The van der Waals surface area contributed by atoms with Crippen LogP contribution in [0.2, 0.25) is 0 Å². The van der Waals surface area contributed by atoms with Crippen LogP contribution in [0.5, 0.6) is 0 Å². The number of benzene rings is 2. The van der Waals surface area contributed by atoms with Gasteiger partial charge in [0.25, 0.3) is 10.0 Å². The van der Waals surface area contributed by atoms with Gasteiger partial charge in [-0.2, -0.15) is 0 Å². The zero-order valence-corrected chi connectivity index (χ0v) is 15.4. The van der Waals surface area contributed by atoms with Gasteiger partial charge >= 0.3 is 5.76 Å². The van der Waals surface area contributed by atoms with E-state index in [1.165, 1.54) is 41.9 Å². The lowest BCUT2D eigenvalue weighted by Crippen LogP contribution is -2.19. The number of sulfonamides is 1. The Kier molecular flexibility index (Phi) is 4.18. The number of aryl methyl sites for hydroxylation is 1. The summed E-state index contributed by atoms with van der Waals surface area (Å²) in [7, 11) is -2.52. The van der Waals surface area contributed by atoms with Crippen LogP contribution in [0.25, 0.3) is 11.1 Å². The van der Waals surface area contributed by atoms with Gasteiger partial charge < -0.3 is 9.32 Å². The van der Waals surface area contributed by atoms with Gasteiger partial charge in [0.1, 0.15) is 5.82 Å². The second-order valence-electron chi connectivity index (χ2n) is 6.52. The molecule has 4 rings (SSSR count). The van der Waals surface area contributed by atoms with Crippen LogP contribution < -0.4 is 15.4 Å². The van der Waals surface area contributed by atoms with Crippen LogP contribution >= 0.6 is 0 Å². The van der Waals surface area contributed by atoms with Crippen molar-refractivity contribution < 1.29 is 17.2 Å². The van der Waals surface area contributed by atoms with E-state index in [1.54, 1.807) is 6.07 Å². The van der Waals surface area contributed by atoms with Crippen LogP contribution in [-0.4, -0.2) is 26.1 Å². The highest BCUT2D eigenvalue weighted by molar-refractivity contribution is 7.92. The van der Waals surface area contributed by atoms with Crippen molar-refractivity contribution in [3.63, 3.8) is 0 Å². The number of aromatic nitrogens is 1. The highest BCUT2D eigenvalue weighted by Crippen LogP contribution is 2.28. The van der Waals surface area contributed by atoms with Gasteiger partial charge in [0.15, 0.2) is 5.58 Å². The van der Waals surface area contributed by atoms with Crippen molar-refractivity contribution in [2.45, 2.75) is 17.7 Å². The average Bonchev–Trinajstić information content (AvgIpc) is 3.26. The molecule has 0 bridgehead atoms. The maximum atomic E-state index is 14.2. The largest absolute Gasteiger partial charge is 0.419 e. The summed E-state index contributed by atoms with van der Waals surface area (Å²) in [6.45, 7) is 1.73. The third-order valence-electron chi connectivity index (χ3n) is 4.74. The van der Waals surface area contributed by atoms with Crippen molar-refractivity contribution in [3.05, 3.63) is 52.8 Å². The molecule has 7 nitrogen and oxygen atoms in total. The first-order valence-electron chi connectivity index (χ1n) is 8.52. The van der Waals surface area contributed by atoms with Gasteiger partial charge in [0.05, 0.1) is 16.1 Å². The molecule has 3 aromatic rings. The van der Waals surface area contributed by atoms with Crippen molar-refractivity contribution in [1.29, 1.82) is 0 Å². The Morgan fingerprint density at radius 2 is 1.85 bits per heavy atom. The van der Waals surface area contributed by atoms with E-state index < -0.39 is 21.6 Å². The topological polar surface area (TPSA) is 84.5 Å². The van der Waals surface area contributed by atoms with Crippen LogP contribution in [0.15, 0.2) is 50.5 Å². The zero-order valence-electron chi connectivity index (χ0n) is 14.6. The number of hydrogen-bond donors (Lipinski definition) is 1. The maximum Gasteiger partial charge on any atom is 0.419 e. The number of rotatable bonds is 4. The number of anilines is 2. The number of hydrogen-bond acceptors (Lipinski definition) is 5. The fourth-order valence-electron chi connectivity index (χ4n) is 3.25. The van der Waals surface area contributed by atoms with E-state index in [2.05, 4.69) is 9.62 Å². The van der Waals surface area contributed by atoms with Crippen LogP contribution in [0, 0.1) is 5.82 Å². The van der Waals surface area contributed by atoms with Gasteiger partial charge in [0.2, 0.25) is 0 Å². The molecule has 0 spiro atoms. The first-order chi connectivity index (χ1) is 12.8. The SMILES string of the molecule is Cn1c(=O)oc2cc(S(=O)(=O)Nc3cc(N4CCCC4)ccc3F)ccc21. The third kappa shape index (κ3) is 3.18. The van der Waals surface area contributed by atoms with E-state index in [0.29, 0.717) is 5.52 Å². The van der Waals surface area contributed by atoms with Crippen molar-refractivity contribution in [1.82, 2.24) is 4.57 Å². The molecule has 0 radical (unpaired) electrons. The van der Waals surface area contributed by atoms with E-state index in [9.17, 15) is 17.6 Å². The monoisotopic (exact) mass is 391 g/mol. The lowest BCUT2D eigenvalue weighted by Gasteiger charge is -2.19. The first kappa shape index (κ1) is 17.6. The molecule has 9 heteroatoms. The van der Waals surface area contributed by atoms with Gasteiger partial charge in [-0.3, -0.25) is 9.29 Å². The minimum Gasteiger partial charge on any atom is -0.408 e. The molecule has 0 unspecified atom stereocenters. The van der Waals surface area contributed by atoms with E-state index in [-0.39, 0.29) is 16.2 Å². The molecule has 1 N–H and O–H groups in total. The predicted molar refractivity (Wildman–Crippen MR) is 100 cm³/mol. The van der Waals surface area contributed by atoms with E-state index in [4.69, 9.17) is 4.42 Å². The van der Waals surface area contributed by atoms with Crippen molar-refractivity contribution in [3.8, 4) is 0 Å². The number of nitrogens with zero attached hydrogens (tertiary/aromatic N) is 2. The second-order valence-corrected chi connectivity index (χ2v) is 8.20. The molecule has 1 aliphatic heterocycles. The summed E-state index contributed by atoms with van der Waals surface area (Å²) < 4.78 is 48.2. The quantitative estimate of drug-likeness (QED) is 0.739. The standard InChI is InChI=1S/C18H18FN3O4S/c1-21-16-7-5-13(11-17(16)26-18(21)23)27(24,25)20-15-10-12(4-6-14(15)19)22-8-2-3-9-22/h4-7,10-11,20H,2-3,8-9H2,1H3. The summed E-state index contributed by atoms with van der Waals surface area (Å²) in [4.78, 5) is 13.5. The smallest absolute Gasteiger partial charge is 0.408 e. The predicted octanol–water partition coefficient (Wildman–Crippen LogP) is 2.67. The van der Waals surface area contributed by atoms with E-state index >= 15 is 0 Å². The molecular formula is C18H18FN3O4S. The van der Waals surface area contributed by atoms with Crippen molar-refractivity contribution >= 4 is 32.5 Å². The molecule has 0 atom stereocenters. The minimum atomic E-state index is -4.05. The average molecular weight is 391 g/mol. The Labute approximate surface area is 155 Å². The third-order valence-corrected chi connectivity index (χ3v) is 6.10. The second kappa shape index (κ2) is 6.41. The molecule has 0 amide bonds. The highest BCUT2D eigenvalue weighted by atomic mass is 32.2. The molecule has 1 aromatic heterocycles. The number of fused-ring (bicyclic) bond motifs is 1. The fraction of sp³-hybridized carbons (Fsp3) is 0.278. The van der Waals surface area contributed by atoms with Crippen LogP contribution in [0.1, 0.15) is 12.8 Å². The lowest BCUT2D eigenvalue weighted by molar-refractivity contribution is 0.527. The van der Waals surface area contributed by atoms with E-state index in [0.717, 1.165) is 31.6 Å². The van der Waals surface area contributed by atoms with Crippen molar-refractivity contribution in [2.75, 3.05) is 22.7 Å². The van der Waals surface area contributed by atoms with Gasteiger partial charge in [-0.15, -0.1) is 0 Å². The molecule has 1 saturated heterocycles. The molecule has 142 valence electrons. The summed E-state index contributed by atoms with van der Waals surface area (Å²) >= 11 is 0. The molecule has 2 heterocycles. The number of nitrogens with one attached hydrogen (secondary N) is 1. The van der Waals surface area contributed by atoms with Crippen molar-refractivity contribution in [2.24, 2.45) is 7.05 Å². The first-order valence-corrected chi connectivity index (χ1v) is 10.0. The molecule has 1 aliphatic rings. The Bertz CT molecular complexity index is 1180. The summed E-state index contributed by atoms with van der Waals surface area (Å²) in [6.07, 6.45) is 2.11. The fourth-order valence-corrected chi connectivity index (χ4v) is 4.32. The molecule has 1 fully saturated rings. The number of halogens is 1. The normalized spacial score (nSPS) is 14.8. The highest BCUT2D eigenvalue weighted by Gasteiger charge is 2.20. The van der Waals surface area contributed by atoms with Gasteiger partial charge in [-0.05, 0) is 43.2 Å². The molecular weight excluding hydrogens is 373 g/mol. The maximum absolute atomic E-state index is 14.2. The van der Waals surface area contributed by atoms with E-state index in [1.807, 2.05) is 0 Å². The van der Waals surface area contributed by atoms with Gasteiger partial charge in [-0.1, -0.05) is 0 Å². The van der Waals surface area contributed by atoms with Gasteiger partial charge in [-0.25, -0.2) is 17.6 Å². The summed E-state index contributed by atoms with van der Waals surface area (Å²) in [5.41, 5.74) is 1.28. The summed E-state index contributed by atoms with van der Waals surface area (Å²) in [6, 6.07) is 8.47. The van der Waals surface area contributed by atoms with Crippen LogP contribution in [0.3, 0.4) is 0 Å². The van der Waals surface area contributed by atoms with Crippen LogP contribution in [0.4, 0.5) is 15.8 Å². The molecule has 0 saturated carbocycles. The number of oxazole rings is 1. The molecule has 27 heavy (non-hydrogen) atoms. The van der Waals surface area contributed by atoms with Crippen LogP contribution in [-0.2, 0) is 17.1 Å². The molecule has 0 aliphatic carbocycles. The summed E-state index contributed by atoms with van der Waals surface area (Å²) in [5.74, 6) is -1.24. The molecule has 2 aromatic carbocycles. The Balaban J connectivity index is 1.69. The lowest BCUT2D eigenvalue weighted by atomic mass is 10.2. The Morgan fingerprint density at radius 1 is 1.11 bits per heavy atom. The van der Waals surface area contributed by atoms with Gasteiger partial charge in [0, 0.05) is 31.9 Å². The summed E-state index contributed by atoms with van der Waals surface area (Å²) in [5, 5.41) is 0. The Morgan fingerprint density at radius 3 is 2.59 bits per heavy atom. The Hall–Kier alpha value is -2.81. The minimum absolute atomic E-state index is 0.115. The zero-order chi connectivity index (χ0) is 19.2.